The van der Waals surface area contributed by atoms with Gasteiger partial charge in [0.15, 0.2) is 0 Å². The van der Waals surface area contributed by atoms with E-state index in [9.17, 15) is 0 Å². The van der Waals surface area contributed by atoms with Gasteiger partial charge in [0.25, 0.3) is 0 Å². The third-order valence-electron chi connectivity index (χ3n) is 3.26. The molecule has 2 aromatic rings. The lowest BCUT2D eigenvalue weighted by Gasteiger charge is -2.28. The van der Waals surface area contributed by atoms with Crippen molar-refractivity contribution in [2.24, 2.45) is 0 Å². The van der Waals surface area contributed by atoms with Crippen LogP contribution < -0.4 is 10.2 Å². The molecule has 0 aliphatic carbocycles. The predicted octanol–water partition coefficient (Wildman–Crippen LogP) is 3.13. The summed E-state index contributed by atoms with van der Waals surface area (Å²) in [7, 11) is 0. The van der Waals surface area contributed by atoms with Gasteiger partial charge in [-0.3, -0.25) is 0 Å². The minimum Gasteiger partial charge on any atom is -0.378 e. The first-order chi connectivity index (χ1) is 10.2. The Labute approximate surface area is 132 Å². The van der Waals surface area contributed by atoms with Crippen molar-refractivity contribution in [1.29, 1.82) is 0 Å². The number of aryl methyl sites for hydroxylation is 1. The molecule has 0 atom stereocenters. The molecule has 1 aliphatic rings. The zero-order valence-corrected chi connectivity index (χ0v) is 13.4. The van der Waals surface area contributed by atoms with Crippen LogP contribution in [0.15, 0.2) is 34.8 Å². The van der Waals surface area contributed by atoms with E-state index in [1.165, 1.54) is 0 Å². The van der Waals surface area contributed by atoms with Crippen LogP contribution in [0, 0.1) is 6.92 Å². The minimum atomic E-state index is 0.620. The molecule has 5 nitrogen and oxygen atoms in total. The van der Waals surface area contributed by atoms with Crippen LogP contribution in [-0.4, -0.2) is 36.3 Å². The van der Waals surface area contributed by atoms with Gasteiger partial charge in [-0.15, -0.1) is 0 Å². The van der Waals surface area contributed by atoms with Crippen molar-refractivity contribution in [2.75, 3.05) is 36.5 Å². The van der Waals surface area contributed by atoms with Crippen LogP contribution in [0.3, 0.4) is 0 Å². The van der Waals surface area contributed by atoms with Crippen LogP contribution in [0.5, 0.6) is 0 Å². The van der Waals surface area contributed by atoms with Gasteiger partial charge >= 0.3 is 0 Å². The van der Waals surface area contributed by atoms with E-state index in [1.807, 2.05) is 37.3 Å². The van der Waals surface area contributed by atoms with Crippen LogP contribution in [0.4, 0.5) is 17.5 Å². The Morgan fingerprint density at radius 1 is 1.19 bits per heavy atom. The number of rotatable bonds is 3. The quantitative estimate of drug-likeness (QED) is 0.923. The standard InChI is InChI=1S/C15H17BrN4O/c1-11-9-14(20-5-7-21-8-6-20)19-15(17-11)18-13-4-2-3-12(16)10-13/h2-4,9-10H,5-8H2,1H3,(H,17,18,19). The first-order valence-corrected chi connectivity index (χ1v) is 7.71. The van der Waals surface area contributed by atoms with Gasteiger partial charge in [0.2, 0.25) is 5.95 Å². The maximum Gasteiger partial charge on any atom is 0.229 e. The molecule has 0 amide bonds. The van der Waals surface area contributed by atoms with Crippen LogP contribution in [-0.2, 0) is 4.74 Å². The Balaban J connectivity index is 1.83. The summed E-state index contributed by atoms with van der Waals surface area (Å²) in [5.41, 5.74) is 1.91. The zero-order chi connectivity index (χ0) is 14.7. The van der Waals surface area contributed by atoms with Gasteiger partial charge in [-0.1, -0.05) is 22.0 Å². The van der Waals surface area contributed by atoms with Crippen molar-refractivity contribution in [3.8, 4) is 0 Å². The molecule has 0 spiro atoms. The van der Waals surface area contributed by atoms with Gasteiger partial charge in [0, 0.05) is 35.0 Å². The summed E-state index contributed by atoms with van der Waals surface area (Å²) in [6.07, 6.45) is 0. The molecule has 110 valence electrons. The molecule has 0 radical (unpaired) electrons. The van der Waals surface area contributed by atoms with Crippen molar-refractivity contribution in [3.05, 3.63) is 40.5 Å². The Bertz CT molecular complexity index is 629. The van der Waals surface area contributed by atoms with E-state index in [2.05, 4.69) is 36.1 Å². The van der Waals surface area contributed by atoms with Gasteiger partial charge in [-0.05, 0) is 25.1 Å². The number of aromatic nitrogens is 2. The number of benzene rings is 1. The summed E-state index contributed by atoms with van der Waals surface area (Å²) >= 11 is 3.46. The van der Waals surface area contributed by atoms with Gasteiger partial charge in [-0.25, -0.2) is 4.98 Å². The van der Waals surface area contributed by atoms with E-state index >= 15 is 0 Å². The summed E-state index contributed by atoms with van der Waals surface area (Å²) in [5.74, 6) is 1.57. The Morgan fingerprint density at radius 2 is 2.00 bits per heavy atom. The van der Waals surface area contributed by atoms with Crippen LogP contribution in [0.25, 0.3) is 0 Å². The van der Waals surface area contributed by atoms with E-state index in [-0.39, 0.29) is 0 Å². The molecule has 1 fully saturated rings. The lowest BCUT2D eigenvalue weighted by Crippen LogP contribution is -2.36. The molecule has 0 unspecified atom stereocenters. The molecule has 1 aromatic carbocycles. The van der Waals surface area contributed by atoms with Crippen LogP contribution in [0.1, 0.15) is 5.69 Å². The Kier molecular flexibility index (Phi) is 4.36. The second-order valence-electron chi connectivity index (χ2n) is 4.93. The lowest BCUT2D eigenvalue weighted by molar-refractivity contribution is 0.122. The highest BCUT2D eigenvalue weighted by Gasteiger charge is 2.14. The number of morpholine rings is 1. The van der Waals surface area contributed by atoms with Gasteiger partial charge in [0.1, 0.15) is 5.82 Å². The third-order valence-corrected chi connectivity index (χ3v) is 3.75. The number of ether oxygens (including phenoxy) is 1. The summed E-state index contributed by atoms with van der Waals surface area (Å²) in [6, 6.07) is 9.97. The highest BCUT2D eigenvalue weighted by molar-refractivity contribution is 9.10. The summed E-state index contributed by atoms with van der Waals surface area (Å²) in [4.78, 5) is 11.3. The summed E-state index contributed by atoms with van der Waals surface area (Å²) in [5, 5.41) is 3.25. The first kappa shape index (κ1) is 14.3. The normalized spacial score (nSPS) is 15.0. The van der Waals surface area contributed by atoms with Gasteiger partial charge in [0.05, 0.1) is 13.2 Å². The molecular formula is C15H17BrN4O. The fourth-order valence-electron chi connectivity index (χ4n) is 2.26. The van der Waals surface area contributed by atoms with E-state index in [0.717, 1.165) is 48.0 Å². The maximum atomic E-state index is 5.38. The van der Waals surface area contributed by atoms with Crippen molar-refractivity contribution in [1.82, 2.24) is 9.97 Å². The average Bonchev–Trinajstić information content (AvgIpc) is 2.47. The van der Waals surface area contributed by atoms with Crippen LogP contribution in [0.2, 0.25) is 0 Å². The SMILES string of the molecule is Cc1cc(N2CCOCC2)nc(Nc2cccc(Br)c2)n1. The maximum absolute atomic E-state index is 5.38. The topological polar surface area (TPSA) is 50.3 Å². The smallest absolute Gasteiger partial charge is 0.229 e. The van der Waals surface area contributed by atoms with Gasteiger partial charge in [-0.2, -0.15) is 4.98 Å². The fraction of sp³-hybridized carbons (Fsp3) is 0.333. The number of hydrogen-bond acceptors (Lipinski definition) is 5. The molecule has 0 bridgehead atoms. The number of hydrogen-bond donors (Lipinski definition) is 1. The number of nitrogens with zero attached hydrogens (tertiary/aromatic N) is 3. The minimum absolute atomic E-state index is 0.620. The first-order valence-electron chi connectivity index (χ1n) is 6.92. The monoisotopic (exact) mass is 348 g/mol. The molecule has 3 rings (SSSR count). The molecule has 1 N–H and O–H groups in total. The molecule has 0 saturated carbocycles. The Hall–Kier alpha value is -1.66. The predicted molar refractivity (Wildman–Crippen MR) is 87.2 cm³/mol. The molecule has 6 heteroatoms. The second-order valence-corrected chi connectivity index (χ2v) is 5.84. The van der Waals surface area contributed by atoms with Crippen molar-refractivity contribution < 1.29 is 4.74 Å². The van der Waals surface area contributed by atoms with Crippen molar-refractivity contribution in [2.45, 2.75) is 6.92 Å². The second kappa shape index (κ2) is 6.41. The largest absolute Gasteiger partial charge is 0.378 e. The molecule has 1 aliphatic heterocycles. The van der Waals surface area contributed by atoms with E-state index in [0.29, 0.717) is 5.95 Å². The van der Waals surface area contributed by atoms with E-state index in [4.69, 9.17) is 4.74 Å². The number of anilines is 3. The zero-order valence-electron chi connectivity index (χ0n) is 11.8. The molecule has 2 heterocycles. The van der Waals surface area contributed by atoms with E-state index in [1.54, 1.807) is 0 Å². The van der Waals surface area contributed by atoms with Crippen molar-refractivity contribution in [3.63, 3.8) is 0 Å². The highest BCUT2D eigenvalue weighted by atomic mass is 79.9. The molecule has 1 aromatic heterocycles. The number of halogens is 1. The highest BCUT2D eigenvalue weighted by Crippen LogP contribution is 2.21. The lowest BCUT2D eigenvalue weighted by atomic mass is 10.3. The van der Waals surface area contributed by atoms with Crippen molar-refractivity contribution >= 4 is 33.4 Å². The average molecular weight is 349 g/mol. The van der Waals surface area contributed by atoms with Gasteiger partial charge < -0.3 is 15.0 Å². The molecule has 1 saturated heterocycles. The number of nitrogens with one attached hydrogen (secondary N) is 1. The molecule has 21 heavy (non-hydrogen) atoms. The molecular weight excluding hydrogens is 332 g/mol. The Morgan fingerprint density at radius 3 is 2.76 bits per heavy atom. The van der Waals surface area contributed by atoms with Crippen LogP contribution >= 0.6 is 15.9 Å². The fourth-order valence-corrected chi connectivity index (χ4v) is 2.66. The third kappa shape index (κ3) is 3.71. The summed E-state index contributed by atoms with van der Waals surface area (Å²) in [6.45, 7) is 5.21. The van der Waals surface area contributed by atoms with E-state index < -0.39 is 0 Å². The summed E-state index contributed by atoms with van der Waals surface area (Å²) < 4.78 is 6.41.